The minimum absolute atomic E-state index is 0. The highest BCUT2D eigenvalue weighted by Gasteiger charge is 2.19. The summed E-state index contributed by atoms with van der Waals surface area (Å²) < 4.78 is 5.80. The first-order chi connectivity index (χ1) is 9.31. The Morgan fingerprint density at radius 1 is 1.45 bits per heavy atom. The summed E-state index contributed by atoms with van der Waals surface area (Å²) in [5.74, 6) is 1.71. The molecule has 3 rings (SSSR count). The number of hydrogen-bond donors (Lipinski definition) is 1. The maximum Gasteiger partial charge on any atom is 0.213 e. The molecule has 0 unspecified atom stereocenters. The standard InChI is InChI=1S/C14H20N4O.HI/c1-18-8-7-16-14(18)17-10-11-5-6-15-13(9-11)19-12-3-2-4-12;/h5-6,9,12H,2-4,7-8,10H2,1H3,(H,16,17);1H. The molecule has 1 aliphatic carbocycles. The summed E-state index contributed by atoms with van der Waals surface area (Å²) in [7, 11) is 2.05. The smallest absolute Gasteiger partial charge is 0.213 e. The number of rotatable bonds is 4. The topological polar surface area (TPSA) is 49.8 Å². The molecule has 1 aromatic rings. The second kappa shape index (κ2) is 7.10. The van der Waals surface area contributed by atoms with Gasteiger partial charge in [-0.25, -0.2) is 4.98 Å². The average molecular weight is 388 g/mol. The molecule has 5 nitrogen and oxygen atoms in total. The van der Waals surface area contributed by atoms with Crippen molar-refractivity contribution in [3.8, 4) is 5.88 Å². The molecule has 0 saturated heterocycles. The lowest BCUT2D eigenvalue weighted by Gasteiger charge is -2.25. The van der Waals surface area contributed by atoms with E-state index in [1.54, 1.807) is 0 Å². The number of likely N-dealkylation sites (N-methyl/N-ethyl adjacent to an activating group) is 1. The Hall–Kier alpha value is -1.05. The summed E-state index contributed by atoms with van der Waals surface area (Å²) in [6.45, 7) is 2.63. The van der Waals surface area contributed by atoms with Gasteiger partial charge in [0.15, 0.2) is 5.96 Å². The zero-order valence-corrected chi connectivity index (χ0v) is 14.0. The number of aliphatic imine (C=N–C) groups is 1. The van der Waals surface area contributed by atoms with Crippen molar-refractivity contribution in [2.45, 2.75) is 31.9 Å². The Labute approximate surface area is 136 Å². The number of nitrogens with zero attached hydrogens (tertiary/aromatic N) is 3. The van der Waals surface area contributed by atoms with E-state index in [2.05, 4.69) is 27.2 Å². The van der Waals surface area contributed by atoms with Crippen molar-refractivity contribution in [2.75, 3.05) is 20.1 Å². The van der Waals surface area contributed by atoms with E-state index in [9.17, 15) is 0 Å². The van der Waals surface area contributed by atoms with E-state index in [-0.39, 0.29) is 24.0 Å². The number of hydrogen-bond acceptors (Lipinski definition) is 5. The highest BCUT2D eigenvalue weighted by molar-refractivity contribution is 14.0. The van der Waals surface area contributed by atoms with E-state index in [0.717, 1.165) is 44.3 Å². The molecule has 1 N–H and O–H groups in total. The molecular weight excluding hydrogens is 367 g/mol. The van der Waals surface area contributed by atoms with Crippen molar-refractivity contribution in [2.24, 2.45) is 4.99 Å². The van der Waals surface area contributed by atoms with Crippen molar-refractivity contribution >= 4 is 29.9 Å². The Kier molecular flexibility index (Phi) is 5.45. The van der Waals surface area contributed by atoms with Crippen molar-refractivity contribution in [1.29, 1.82) is 0 Å². The number of nitrogens with one attached hydrogen (secondary N) is 1. The monoisotopic (exact) mass is 388 g/mol. The predicted molar refractivity (Wildman–Crippen MR) is 89.7 cm³/mol. The zero-order valence-electron chi connectivity index (χ0n) is 11.7. The van der Waals surface area contributed by atoms with Gasteiger partial charge in [-0.2, -0.15) is 0 Å². The zero-order chi connectivity index (χ0) is 13.1. The molecule has 0 amide bonds. The summed E-state index contributed by atoms with van der Waals surface area (Å²) in [6.07, 6.45) is 5.78. The van der Waals surface area contributed by atoms with Gasteiger partial charge in [-0.3, -0.25) is 4.99 Å². The molecule has 1 aliphatic heterocycles. The Morgan fingerprint density at radius 2 is 2.30 bits per heavy atom. The van der Waals surface area contributed by atoms with Crippen molar-refractivity contribution in [1.82, 2.24) is 15.2 Å². The van der Waals surface area contributed by atoms with Gasteiger partial charge in [0.25, 0.3) is 0 Å². The van der Waals surface area contributed by atoms with Crippen LogP contribution in [0.15, 0.2) is 23.3 Å². The first kappa shape index (κ1) is 15.3. The molecule has 2 aliphatic rings. The molecule has 0 spiro atoms. The lowest BCUT2D eigenvalue weighted by Crippen LogP contribution is -2.35. The molecule has 1 fully saturated rings. The summed E-state index contributed by atoms with van der Waals surface area (Å²) in [5, 5.41) is 3.35. The van der Waals surface area contributed by atoms with Crippen LogP contribution in [0, 0.1) is 0 Å². The second-order valence-corrected chi connectivity index (χ2v) is 5.15. The van der Waals surface area contributed by atoms with E-state index in [1.807, 2.05) is 18.3 Å². The van der Waals surface area contributed by atoms with Crippen molar-refractivity contribution < 1.29 is 4.74 Å². The molecule has 1 saturated carbocycles. The maximum absolute atomic E-state index is 5.80. The highest BCUT2D eigenvalue weighted by Crippen LogP contribution is 2.24. The van der Waals surface area contributed by atoms with E-state index >= 15 is 0 Å². The third kappa shape index (κ3) is 3.74. The minimum Gasteiger partial charge on any atom is -0.474 e. The third-order valence-electron chi connectivity index (χ3n) is 3.65. The first-order valence-corrected chi connectivity index (χ1v) is 6.92. The van der Waals surface area contributed by atoms with E-state index in [0.29, 0.717) is 6.10 Å². The molecule has 110 valence electrons. The van der Waals surface area contributed by atoms with Crippen LogP contribution in [-0.2, 0) is 6.54 Å². The summed E-state index contributed by atoms with van der Waals surface area (Å²) in [6, 6.07) is 4.02. The SMILES string of the molecule is CN1CCN=C1NCc1ccnc(OC2CCC2)c1.I. The van der Waals surface area contributed by atoms with Gasteiger partial charge < -0.3 is 15.0 Å². The molecule has 0 atom stereocenters. The van der Waals surface area contributed by atoms with Crippen molar-refractivity contribution in [3.63, 3.8) is 0 Å². The number of ether oxygens (including phenoxy) is 1. The fraction of sp³-hybridized carbons (Fsp3) is 0.571. The van der Waals surface area contributed by atoms with Gasteiger partial charge in [0, 0.05) is 32.4 Å². The van der Waals surface area contributed by atoms with Gasteiger partial charge in [0.05, 0.1) is 6.54 Å². The lowest BCUT2D eigenvalue weighted by atomic mass is 9.96. The van der Waals surface area contributed by atoms with Crippen LogP contribution < -0.4 is 10.1 Å². The van der Waals surface area contributed by atoms with E-state index in [4.69, 9.17) is 4.74 Å². The molecule has 2 heterocycles. The number of guanidine groups is 1. The van der Waals surface area contributed by atoms with Crippen LogP contribution >= 0.6 is 24.0 Å². The normalized spacial score (nSPS) is 18.1. The van der Waals surface area contributed by atoms with Gasteiger partial charge in [-0.1, -0.05) is 0 Å². The minimum atomic E-state index is 0. The highest BCUT2D eigenvalue weighted by atomic mass is 127. The van der Waals surface area contributed by atoms with Crippen LogP contribution in [0.3, 0.4) is 0 Å². The van der Waals surface area contributed by atoms with Crippen LogP contribution in [-0.4, -0.2) is 42.1 Å². The number of halogens is 1. The quantitative estimate of drug-likeness (QED) is 0.803. The fourth-order valence-corrected chi connectivity index (χ4v) is 2.19. The molecule has 0 radical (unpaired) electrons. The molecular formula is C14H21IN4O. The van der Waals surface area contributed by atoms with Gasteiger partial charge >= 0.3 is 0 Å². The van der Waals surface area contributed by atoms with Gasteiger partial charge in [0.1, 0.15) is 6.10 Å². The van der Waals surface area contributed by atoms with Crippen LogP contribution in [0.5, 0.6) is 5.88 Å². The molecule has 6 heteroatoms. The Morgan fingerprint density at radius 3 is 2.95 bits per heavy atom. The summed E-state index contributed by atoms with van der Waals surface area (Å²) in [4.78, 5) is 10.8. The van der Waals surface area contributed by atoms with Crippen LogP contribution in [0.25, 0.3) is 0 Å². The van der Waals surface area contributed by atoms with Crippen LogP contribution in [0.4, 0.5) is 0 Å². The summed E-state index contributed by atoms with van der Waals surface area (Å²) >= 11 is 0. The molecule has 0 aromatic carbocycles. The van der Waals surface area contributed by atoms with E-state index < -0.39 is 0 Å². The third-order valence-corrected chi connectivity index (χ3v) is 3.65. The molecule has 0 bridgehead atoms. The number of aromatic nitrogens is 1. The van der Waals surface area contributed by atoms with Crippen LogP contribution in [0.1, 0.15) is 24.8 Å². The second-order valence-electron chi connectivity index (χ2n) is 5.15. The molecule has 20 heavy (non-hydrogen) atoms. The van der Waals surface area contributed by atoms with Gasteiger partial charge in [-0.15, -0.1) is 24.0 Å². The average Bonchev–Trinajstić information content (AvgIpc) is 2.78. The van der Waals surface area contributed by atoms with E-state index in [1.165, 1.54) is 12.0 Å². The van der Waals surface area contributed by atoms with Crippen LogP contribution in [0.2, 0.25) is 0 Å². The Balaban J connectivity index is 0.00000147. The molecule has 1 aromatic heterocycles. The number of pyridine rings is 1. The first-order valence-electron chi connectivity index (χ1n) is 6.92. The Bertz CT molecular complexity index is 476. The maximum atomic E-state index is 5.80. The predicted octanol–water partition coefficient (Wildman–Crippen LogP) is 2.02. The fourth-order valence-electron chi connectivity index (χ4n) is 2.19. The van der Waals surface area contributed by atoms with Crippen molar-refractivity contribution in [3.05, 3.63) is 23.9 Å². The largest absolute Gasteiger partial charge is 0.474 e. The van der Waals surface area contributed by atoms with Gasteiger partial charge in [0.2, 0.25) is 5.88 Å². The summed E-state index contributed by atoms with van der Waals surface area (Å²) in [5.41, 5.74) is 1.17. The lowest BCUT2D eigenvalue weighted by molar-refractivity contribution is 0.114. The van der Waals surface area contributed by atoms with Gasteiger partial charge in [-0.05, 0) is 30.9 Å².